The number of aryl methyl sites for hydroxylation is 1. The summed E-state index contributed by atoms with van der Waals surface area (Å²) in [6.07, 6.45) is 4.01. The fourth-order valence-electron chi connectivity index (χ4n) is 3.86. The summed E-state index contributed by atoms with van der Waals surface area (Å²) in [6.45, 7) is 2.24. The van der Waals surface area contributed by atoms with E-state index in [4.69, 9.17) is 4.74 Å². The Balaban J connectivity index is 1.56. The third kappa shape index (κ3) is 3.35. The van der Waals surface area contributed by atoms with E-state index in [9.17, 15) is 4.79 Å². The molecule has 5 rings (SSSR count). The number of ether oxygens (including phenoxy) is 1. The molecule has 29 heavy (non-hydrogen) atoms. The van der Waals surface area contributed by atoms with Gasteiger partial charge in [-0.1, -0.05) is 61.5 Å². The Kier molecular flexibility index (Phi) is 4.67. The van der Waals surface area contributed by atoms with Crippen LogP contribution in [0.5, 0.6) is 5.75 Å². The molecule has 148 valence electrons. The maximum absolute atomic E-state index is 11.8. The first kappa shape index (κ1) is 18.1. The van der Waals surface area contributed by atoms with Gasteiger partial charge in [-0.3, -0.25) is 4.79 Å². The molecule has 3 heterocycles. The number of hydrogen-bond acceptors (Lipinski definition) is 5. The van der Waals surface area contributed by atoms with Gasteiger partial charge in [-0.25, -0.2) is 9.66 Å². The summed E-state index contributed by atoms with van der Waals surface area (Å²) in [4.78, 5) is 16.4. The summed E-state index contributed by atoms with van der Waals surface area (Å²) >= 11 is 1.75. The van der Waals surface area contributed by atoms with Crippen LogP contribution in [0.25, 0.3) is 0 Å². The molecule has 2 N–H and O–H groups in total. The second kappa shape index (κ2) is 7.48. The first-order chi connectivity index (χ1) is 14.2. The summed E-state index contributed by atoms with van der Waals surface area (Å²) in [7, 11) is 0. The van der Waals surface area contributed by atoms with Gasteiger partial charge in [0.25, 0.3) is 5.91 Å². The maximum Gasteiger partial charge on any atom is 0.262 e. The summed E-state index contributed by atoms with van der Waals surface area (Å²) in [5, 5.41) is 3.98. The van der Waals surface area contributed by atoms with Gasteiger partial charge in [0.2, 0.25) is 0 Å². The van der Waals surface area contributed by atoms with E-state index in [0.717, 1.165) is 29.2 Å². The van der Waals surface area contributed by atoms with Crippen molar-refractivity contribution in [3.63, 3.8) is 0 Å². The lowest BCUT2D eigenvalue weighted by atomic mass is 9.98. The molecular weight excluding hydrogens is 384 g/mol. The van der Waals surface area contributed by atoms with Crippen LogP contribution in [0.15, 0.2) is 59.9 Å². The average Bonchev–Trinajstić information content (AvgIpc) is 3.15. The number of anilines is 1. The molecule has 7 heteroatoms. The molecule has 2 aliphatic heterocycles. The van der Waals surface area contributed by atoms with Crippen LogP contribution in [0.3, 0.4) is 0 Å². The molecule has 0 saturated carbocycles. The van der Waals surface area contributed by atoms with Gasteiger partial charge in [0.05, 0.1) is 28.9 Å². The molecule has 2 aliphatic rings. The zero-order valence-electron chi connectivity index (χ0n) is 16.1. The highest BCUT2D eigenvalue weighted by Crippen LogP contribution is 2.48. The molecule has 0 aliphatic carbocycles. The Morgan fingerprint density at radius 1 is 1.21 bits per heavy atom. The quantitative estimate of drug-likeness (QED) is 0.676. The molecule has 0 fully saturated rings. The molecule has 0 saturated heterocycles. The lowest BCUT2D eigenvalue weighted by molar-refractivity contribution is -0.118. The van der Waals surface area contributed by atoms with Crippen LogP contribution in [0, 0.1) is 0 Å². The SMILES string of the molecule is CCCc1cnc2n1NC(c1ccccc1)C(c1ccc3c(c1)NC(=O)CO3)S2. The van der Waals surface area contributed by atoms with E-state index in [1.54, 1.807) is 11.8 Å². The van der Waals surface area contributed by atoms with Crippen molar-refractivity contribution in [2.45, 2.75) is 36.2 Å². The Morgan fingerprint density at radius 3 is 2.90 bits per heavy atom. The number of benzene rings is 2. The van der Waals surface area contributed by atoms with Crippen LogP contribution in [-0.4, -0.2) is 22.2 Å². The number of imidazole rings is 1. The first-order valence-electron chi connectivity index (χ1n) is 9.84. The molecule has 0 radical (unpaired) electrons. The van der Waals surface area contributed by atoms with Crippen molar-refractivity contribution in [2.75, 3.05) is 17.3 Å². The largest absolute Gasteiger partial charge is 0.482 e. The van der Waals surface area contributed by atoms with Crippen LogP contribution < -0.4 is 15.5 Å². The van der Waals surface area contributed by atoms with Crippen LogP contribution in [0.2, 0.25) is 0 Å². The predicted octanol–water partition coefficient (Wildman–Crippen LogP) is 4.30. The fraction of sp³-hybridized carbons (Fsp3) is 0.273. The molecule has 2 unspecified atom stereocenters. The summed E-state index contributed by atoms with van der Waals surface area (Å²) in [5.74, 6) is 0.591. The lowest BCUT2D eigenvalue weighted by Gasteiger charge is -2.35. The predicted molar refractivity (Wildman–Crippen MR) is 114 cm³/mol. The van der Waals surface area contributed by atoms with Crippen LogP contribution >= 0.6 is 11.8 Å². The fourth-order valence-corrected chi connectivity index (χ4v) is 5.11. The highest BCUT2D eigenvalue weighted by atomic mass is 32.2. The average molecular weight is 407 g/mol. The van der Waals surface area contributed by atoms with E-state index >= 15 is 0 Å². The molecule has 2 aromatic carbocycles. The van der Waals surface area contributed by atoms with Gasteiger partial charge in [0.1, 0.15) is 5.75 Å². The Morgan fingerprint density at radius 2 is 2.07 bits per heavy atom. The summed E-state index contributed by atoms with van der Waals surface area (Å²) in [5.41, 5.74) is 7.95. The first-order valence-corrected chi connectivity index (χ1v) is 10.7. The molecule has 0 spiro atoms. The zero-order valence-corrected chi connectivity index (χ0v) is 16.9. The Labute approximate surface area is 173 Å². The Bertz CT molecular complexity index is 1050. The number of hydrogen-bond donors (Lipinski definition) is 2. The van der Waals surface area contributed by atoms with Gasteiger partial charge in [-0.2, -0.15) is 0 Å². The van der Waals surface area contributed by atoms with Gasteiger partial charge in [-0.15, -0.1) is 0 Å². The van der Waals surface area contributed by atoms with Crippen molar-refractivity contribution in [1.29, 1.82) is 0 Å². The van der Waals surface area contributed by atoms with E-state index in [0.29, 0.717) is 5.75 Å². The molecule has 3 aromatic rings. The number of rotatable bonds is 4. The number of fused-ring (bicyclic) bond motifs is 2. The van der Waals surface area contributed by atoms with E-state index in [1.807, 2.05) is 24.4 Å². The molecule has 6 nitrogen and oxygen atoms in total. The maximum atomic E-state index is 11.8. The number of nitrogens with one attached hydrogen (secondary N) is 2. The van der Waals surface area contributed by atoms with Crippen molar-refractivity contribution < 1.29 is 9.53 Å². The van der Waals surface area contributed by atoms with Crippen molar-refractivity contribution in [2.24, 2.45) is 0 Å². The molecule has 1 aromatic heterocycles. The van der Waals surface area contributed by atoms with Gasteiger partial charge >= 0.3 is 0 Å². The van der Waals surface area contributed by atoms with Crippen LogP contribution in [0.4, 0.5) is 5.69 Å². The summed E-state index contributed by atoms with van der Waals surface area (Å²) in [6, 6.07) is 16.6. The van der Waals surface area contributed by atoms with Crippen molar-refractivity contribution >= 4 is 23.4 Å². The number of thioether (sulfide) groups is 1. The third-order valence-corrected chi connectivity index (χ3v) is 6.53. The van der Waals surface area contributed by atoms with Crippen molar-refractivity contribution in [3.8, 4) is 5.75 Å². The number of carbonyl (C=O) groups excluding carboxylic acids is 1. The minimum atomic E-state index is -0.122. The number of nitrogens with zero attached hydrogens (tertiary/aromatic N) is 2. The number of aromatic nitrogens is 2. The summed E-state index contributed by atoms with van der Waals surface area (Å²) < 4.78 is 7.66. The molecule has 0 bridgehead atoms. The number of amides is 1. The minimum Gasteiger partial charge on any atom is -0.482 e. The standard InChI is InChI=1S/C22H22N4O2S/c1-2-6-16-12-23-22-26(16)25-20(14-7-4-3-5-8-14)21(29-22)15-9-10-18-17(11-15)24-19(27)13-28-18/h3-5,7-12,20-21,25H,2,6,13H2,1H3,(H,24,27). The van der Waals surface area contributed by atoms with Gasteiger partial charge in [0.15, 0.2) is 11.8 Å². The smallest absolute Gasteiger partial charge is 0.262 e. The van der Waals surface area contributed by atoms with E-state index in [1.165, 1.54) is 11.3 Å². The molecule has 1 amide bonds. The van der Waals surface area contributed by atoms with Crippen LogP contribution in [-0.2, 0) is 11.2 Å². The molecule has 2 atom stereocenters. The van der Waals surface area contributed by atoms with E-state index in [2.05, 4.69) is 57.7 Å². The zero-order chi connectivity index (χ0) is 19.8. The normalized spacial score (nSPS) is 20.1. The van der Waals surface area contributed by atoms with Gasteiger partial charge in [-0.05, 0) is 29.7 Å². The number of carbonyl (C=O) groups is 1. The van der Waals surface area contributed by atoms with E-state index in [-0.39, 0.29) is 23.8 Å². The second-order valence-electron chi connectivity index (χ2n) is 7.27. The van der Waals surface area contributed by atoms with Crippen molar-refractivity contribution in [1.82, 2.24) is 9.66 Å². The topological polar surface area (TPSA) is 68.2 Å². The Hall–Kier alpha value is -2.93. The highest BCUT2D eigenvalue weighted by molar-refractivity contribution is 7.99. The van der Waals surface area contributed by atoms with Gasteiger partial charge in [0, 0.05) is 0 Å². The van der Waals surface area contributed by atoms with E-state index < -0.39 is 0 Å². The van der Waals surface area contributed by atoms with Crippen molar-refractivity contribution in [3.05, 3.63) is 71.5 Å². The monoisotopic (exact) mass is 406 g/mol. The highest BCUT2D eigenvalue weighted by Gasteiger charge is 2.34. The molecular formula is C22H22N4O2S. The third-order valence-electron chi connectivity index (χ3n) is 5.24. The van der Waals surface area contributed by atoms with Gasteiger partial charge < -0.3 is 15.5 Å². The minimum absolute atomic E-state index is 0.0658. The van der Waals surface area contributed by atoms with Crippen LogP contribution in [0.1, 0.15) is 41.5 Å². The lowest BCUT2D eigenvalue weighted by Crippen LogP contribution is -2.31. The second-order valence-corrected chi connectivity index (χ2v) is 8.37.